The van der Waals surface area contributed by atoms with Crippen LogP contribution >= 0.6 is 0 Å². The molecule has 0 radical (unpaired) electrons. The van der Waals surface area contributed by atoms with Gasteiger partial charge in [-0.2, -0.15) is 0 Å². The molecule has 2 aromatic rings. The second-order valence-electron chi connectivity index (χ2n) is 6.44. The lowest BCUT2D eigenvalue weighted by atomic mass is 9.78. The second kappa shape index (κ2) is 5.88. The van der Waals surface area contributed by atoms with E-state index in [-0.39, 0.29) is 0 Å². The Hall–Kier alpha value is -1.84. The van der Waals surface area contributed by atoms with Gasteiger partial charge in [0.1, 0.15) is 12.1 Å². The summed E-state index contributed by atoms with van der Waals surface area (Å²) < 4.78 is 0. The Labute approximate surface area is 126 Å². The number of nitrogens with zero attached hydrogens (tertiary/aromatic N) is 2. The first-order valence-electron chi connectivity index (χ1n) is 7.92. The lowest BCUT2D eigenvalue weighted by Gasteiger charge is -2.35. The Balaban J connectivity index is 1.91. The molecule has 4 heteroatoms. The van der Waals surface area contributed by atoms with Gasteiger partial charge in [0.05, 0.1) is 5.52 Å². The van der Waals surface area contributed by atoms with Crippen molar-refractivity contribution in [2.24, 2.45) is 11.8 Å². The van der Waals surface area contributed by atoms with Crippen molar-refractivity contribution in [1.82, 2.24) is 9.97 Å². The molecule has 0 bridgehead atoms. The van der Waals surface area contributed by atoms with Crippen LogP contribution in [-0.4, -0.2) is 16.0 Å². The van der Waals surface area contributed by atoms with Crippen molar-refractivity contribution < 1.29 is 0 Å². The summed E-state index contributed by atoms with van der Waals surface area (Å²) in [5, 5.41) is 4.69. The zero-order valence-corrected chi connectivity index (χ0v) is 12.8. The quantitative estimate of drug-likeness (QED) is 0.841. The normalized spacial score (nSPS) is 22.6. The topological polar surface area (TPSA) is 63.8 Å². The minimum Gasteiger partial charge on any atom is -0.399 e. The highest BCUT2D eigenvalue weighted by Crippen LogP contribution is 2.33. The molecule has 4 nitrogen and oxygen atoms in total. The Bertz CT molecular complexity index is 623. The van der Waals surface area contributed by atoms with Gasteiger partial charge in [-0.1, -0.05) is 26.7 Å². The van der Waals surface area contributed by atoms with Gasteiger partial charge in [0, 0.05) is 17.1 Å². The number of aromatic nitrogens is 2. The Kier molecular flexibility index (Phi) is 3.95. The zero-order chi connectivity index (χ0) is 14.8. The molecule has 1 aromatic carbocycles. The van der Waals surface area contributed by atoms with E-state index in [1.54, 1.807) is 6.33 Å². The summed E-state index contributed by atoms with van der Waals surface area (Å²) >= 11 is 0. The van der Waals surface area contributed by atoms with Crippen LogP contribution in [0.1, 0.15) is 39.5 Å². The van der Waals surface area contributed by atoms with E-state index in [1.165, 1.54) is 25.7 Å². The molecule has 0 aliphatic heterocycles. The number of nitrogens with two attached hydrogens (primary N) is 1. The average molecular weight is 284 g/mol. The van der Waals surface area contributed by atoms with Crippen molar-refractivity contribution in [2.75, 3.05) is 11.1 Å². The van der Waals surface area contributed by atoms with Crippen molar-refractivity contribution in [1.29, 1.82) is 0 Å². The van der Waals surface area contributed by atoms with Gasteiger partial charge in [0.2, 0.25) is 0 Å². The van der Waals surface area contributed by atoms with E-state index in [2.05, 4.69) is 29.1 Å². The molecule has 0 saturated heterocycles. The molecule has 1 aliphatic carbocycles. The summed E-state index contributed by atoms with van der Waals surface area (Å²) in [5.41, 5.74) is 7.62. The molecule has 2 unspecified atom stereocenters. The lowest BCUT2D eigenvalue weighted by Crippen LogP contribution is -2.35. The summed E-state index contributed by atoms with van der Waals surface area (Å²) in [6.45, 7) is 4.64. The van der Waals surface area contributed by atoms with E-state index in [1.807, 2.05) is 18.2 Å². The summed E-state index contributed by atoms with van der Waals surface area (Å²) in [4.78, 5) is 8.78. The van der Waals surface area contributed by atoms with Gasteiger partial charge in [-0.25, -0.2) is 9.97 Å². The molecule has 3 N–H and O–H groups in total. The maximum absolute atomic E-state index is 5.92. The molecule has 0 spiro atoms. The molecule has 21 heavy (non-hydrogen) atoms. The minimum atomic E-state index is 0.498. The fraction of sp³-hybridized carbons (Fsp3) is 0.529. The first-order chi connectivity index (χ1) is 10.1. The monoisotopic (exact) mass is 284 g/mol. The molecule has 1 aromatic heterocycles. The first-order valence-corrected chi connectivity index (χ1v) is 7.92. The van der Waals surface area contributed by atoms with E-state index < -0.39 is 0 Å². The highest BCUT2D eigenvalue weighted by Gasteiger charge is 2.28. The second-order valence-corrected chi connectivity index (χ2v) is 6.44. The number of fused-ring (bicyclic) bond motifs is 1. The van der Waals surface area contributed by atoms with Crippen LogP contribution < -0.4 is 11.1 Å². The van der Waals surface area contributed by atoms with Crippen LogP contribution in [-0.2, 0) is 0 Å². The third kappa shape index (κ3) is 2.94. The van der Waals surface area contributed by atoms with Gasteiger partial charge in [-0.05, 0) is 42.9 Å². The van der Waals surface area contributed by atoms with Gasteiger partial charge in [0.25, 0.3) is 0 Å². The SMILES string of the molecule is CC(C)C1CCCCC1Nc1ncnc2ccc(N)cc12. The minimum absolute atomic E-state index is 0.498. The Morgan fingerprint density at radius 1 is 1.19 bits per heavy atom. The molecular formula is C17H24N4. The van der Waals surface area contributed by atoms with E-state index in [4.69, 9.17) is 5.73 Å². The molecule has 0 amide bonds. The molecular weight excluding hydrogens is 260 g/mol. The van der Waals surface area contributed by atoms with Crippen LogP contribution in [0.2, 0.25) is 0 Å². The lowest BCUT2D eigenvalue weighted by molar-refractivity contribution is 0.253. The maximum atomic E-state index is 5.92. The van der Waals surface area contributed by atoms with Gasteiger partial charge >= 0.3 is 0 Å². The van der Waals surface area contributed by atoms with E-state index in [0.717, 1.165) is 22.4 Å². The highest BCUT2D eigenvalue weighted by molar-refractivity contribution is 5.91. The summed E-state index contributed by atoms with van der Waals surface area (Å²) in [6, 6.07) is 6.30. The molecule has 1 heterocycles. The fourth-order valence-electron chi connectivity index (χ4n) is 3.50. The predicted octanol–water partition coefficient (Wildman–Crippen LogP) is 3.84. The number of hydrogen-bond donors (Lipinski definition) is 2. The Morgan fingerprint density at radius 3 is 2.81 bits per heavy atom. The molecule has 112 valence electrons. The van der Waals surface area contributed by atoms with Crippen molar-refractivity contribution in [2.45, 2.75) is 45.6 Å². The van der Waals surface area contributed by atoms with Crippen LogP contribution in [0.5, 0.6) is 0 Å². The van der Waals surface area contributed by atoms with Gasteiger partial charge in [-0.15, -0.1) is 0 Å². The number of nitrogens with one attached hydrogen (secondary N) is 1. The largest absolute Gasteiger partial charge is 0.399 e. The van der Waals surface area contributed by atoms with Crippen LogP contribution in [0.4, 0.5) is 11.5 Å². The van der Waals surface area contributed by atoms with Crippen molar-refractivity contribution in [3.8, 4) is 0 Å². The number of rotatable bonds is 3. The molecule has 2 atom stereocenters. The Morgan fingerprint density at radius 2 is 2.00 bits per heavy atom. The van der Waals surface area contributed by atoms with Crippen LogP contribution in [0.15, 0.2) is 24.5 Å². The summed E-state index contributed by atoms with van der Waals surface area (Å²) in [7, 11) is 0. The number of nitrogen functional groups attached to an aromatic ring is 1. The van der Waals surface area contributed by atoms with E-state index in [0.29, 0.717) is 17.9 Å². The maximum Gasteiger partial charge on any atom is 0.137 e. The van der Waals surface area contributed by atoms with Gasteiger partial charge in [0.15, 0.2) is 0 Å². The van der Waals surface area contributed by atoms with Crippen molar-refractivity contribution in [3.05, 3.63) is 24.5 Å². The third-order valence-corrected chi connectivity index (χ3v) is 4.66. The highest BCUT2D eigenvalue weighted by atomic mass is 15.0. The average Bonchev–Trinajstić information content (AvgIpc) is 2.48. The van der Waals surface area contributed by atoms with Crippen molar-refractivity contribution in [3.63, 3.8) is 0 Å². The number of benzene rings is 1. The van der Waals surface area contributed by atoms with Crippen LogP contribution in [0, 0.1) is 11.8 Å². The number of hydrogen-bond acceptors (Lipinski definition) is 4. The van der Waals surface area contributed by atoms with Gasteiger partial charge in [-0.3, -0.25) is 0 Å². The van der Waals surface area contributed by atoms with E-state index in [9.17, 15) is 0 Å². The van der Waals surface area contributed by atoms with Gasteiger partial charge < -0.3 is 11.1 Å². The number of anilines is 2. The smallest absolute Gasteiger partial charge is 0.137 e. The molecule has 1 aliphatic rings. The van der Waals surface area contributed by atoms with Crippen LogP contribution in [0.25, 0.3) is 10.9 Å². The van der Waals surface area contributed by atoms with Crippen molar-refractivity contribution >= 4 is 22.4 Å². The summed E-state index contributed by atoms with van der Waals surface area (Å²) in [5.74, 6) is 2.33. The zero-order valence-electron chi connectivity index (χ0n) is 12.8. The molecule has 1 fully saturated rings. The van der Waals surface area contributed by atoms with Crippen LogP contribution in [0.3, 0.4) is 0 Å². The third-order valence-electron chi connectivity index (χ3n) is 4.66. The summed E-state index contributed by atoms with van der Waals surface area (Å²) in [6.07, 6.45) is 6.80. The van der Waals surface area contributed by atoms with E-state index >= 15 is 0 Å². The first kappa shape index (κ1) is 14.1. The predicted molar refractivity (Wildman–Crippen MR) is 88.2 cm³/mol. The molecule has 1 saturated carbocycles. The standard InChI is InChI=1S/C17H24N4/c1-11(2)13-5-3-4-6-16(13)21-17-14-9-12(18)7-8-15(14)19-10-20-17/h7-11,13,16H,3-6,18H2,1-2H3,(H,19,20,21). The molecule has 3 rings (SSSR count). The fourth-order valence-corrected chi connectivity index (χ4v) is 3.50.